The Morgan fingerprint density at radius 1 is 1.50 bits per heavy atom. The number of hydrogen-bond donors (Lipinski definition) is 0. The lowest BCUT2D eigenvalue weighted by Gasteiger charge is -2.23. The highest BCUT2D eigenvalue weighted by Gasteiger charge is 2.15. The molecule has 1 aliphatic rings. The molecule has 0 spiro atoms. The molecule has 0 bridgehead atoms. The molecule has 1 heterocycles. The lowest BCUT2D eigenvalue weighted by atomic mass is 10.2. The van der Waals surface area contributed by atoms with E-state index in [2.05, 4.69) is 4.74 Å². The molecule has 0 aromatic carbocycles. The molecule has 1 saturated heterocycles. The third kappa shape index (κ3) is 3.79. The first-order valence-electron chi connectivity index (χ1n) is 4.77. The third-order valence-electron chi connectivity index (χ3n) is 1.98. The van der Waals surface area contributed by atoms with E-state index in [-0.39, 0.29) is 6.29 Å². The minimum Gasteiger partial charge on any atom is -0.469 e. The van der Waals surface area contributed by atoms with Gasteiger partial charge >= 0.3 is 5.97 Å². The van der Waals surface area contributed by atoms with Gasteiger partial charge in [-0.1, -0.05) is 0 Å². The summed E-state index contributed by atoms with van der Waals surface area (Å²) < 4.78 is 15.2. The van der Waals surface area contributed by atoms with Gasteiger partial charge in [-0.05, 0) is 19.8 Å². The Kier molecular flexibility index (Phi) is 4.46. The molecular formula is C10H16O4. The van der Waals surface area contributed by atoms with Crippen molar-refractivity contribution in [2.75, 3.05) is 13.7 Å². The van der Waals surface area contributed by atoms with Gasteiger partial charge in [-0.15, -0.1) is 0 Å². The molecule has 14 heavy (non-hydrogen) atoms. The van der Waals surface area contributed by atoms with Gasteiger partial charge in [0, 0.05) is 6.42 Å². The van der Waals surface area contributed by atoms with Gasteiger partial charge in [0.15, 0.2) is 6.29 Å². The molecule has 1 atom stereocenters. The average Bonchev–Trinajstić information content (AvgIpc) is 2.19. The first kappa shape index (κ1) is 11.0. The monoisotopic (exact) mass is 200 g/mol. The summed E-state index contributed by atoms with van der Waals surface area (Å²) in [6.07, 6.45) is 4.18. The van der Waals surface area contributed by atoms with Crippen molar-refractivity contribution in [2.45, 2.75) is 32.5 Å². The fourth-order valence-corrected chi connectivity index (χ4v) is 1.27. The molecule has 80 valence electrons. The maximum Gasteiger partial charge on any atom is 0.333 e. The topological polar surface area (TPSA) is 44.8 Å². The summed E-state index contributed by atoms with van der Waals surface area (Å²) >= 11 is 0. The average molecular weight is 200 g/mol. The van der Waals surface area contributed by atoms with Crippen molar-refractivity contribution in [3.8, 4) is 0 Å². The molecule has 0 radical (unpaired) electrons. The maximum absolute atomic E-state index is 10.8. The van der Waals surface area contributed by atoms with Crippen molar-refractivity contribution in [2.24, 2.45) is 0 Å². The van der Waals surface area contributed by atoms with E-state index in [0.29, 0.717) is 5.76 Å². The summed E-state index contributed by atoms with van der Waals surface area (Å²) in [5, 5.41) is 0. The van der Waals surface area contributed by atoms with Gasteiger partial charge in [0.25, 0.3) is 0 Å². The van der Waals surface area contributed by atoms with E-state index in [0.717, 1.165) is 25.9 Å². The van der Waals surface area contributed by atoms with Crippen LogP contribution >= 0.6 is 0 Å². The summed E-state index contributed by atoms with van der Waals surface area (Å²) in [5.41, 5.74) is 0. The van der Waals surface area contributed by atoms with E-state index >= 15 is 0 Å². The standard InChI is InChI=1S/C10H16O4/c1-8(7-9(11)12-2)14-10-5-3-4-6-13-10/h7,10H,3-6H2,1-2H3/b8-7+. The van der Waals surface area contributed by atoms with Crippen molar-refractivity contribution in [3.05, 3.63) is 11.8 Å². The van der Waals surface area contributed by atoms with E-state index in [1.54, 1.807) is 6.92 Å². The van der Waals surface area contributed by atoms with Crippen LogP contribution in [0.5, 0.6) is 0 Å². The van der Waals surface area contributed by atoms with Crippen LogP contribution in [-0.2, 0) is 19.0 Å². The predicted octanol–water partition coefficient (Wildman–Crippen LogP) is 1.61. The van der Waals surface area contributed by atoms with Gasteiger partial charge in [-0.2, -0.15) is 0 Å². The molecule has 1 aliphatic heterocycles. The normalized spacial score (nSPS) is 23.0. The summed E-state index contributed by atoms with van der Waals surface area (Å²) in [7, 11) is 1.34. The Hall–Kier alpha value is -1.03. The Bertz CT molecular complexity index is 216. The number of carbonyl (C=O) groups excluding carboxylic acids is 1. The van der Waals surface area contributed by atoms with E-state index in [4.69, 9.17) is 9.47 Å². The molecular weight excluding hydrogens is 184 g/mol. The van der Waals surface area contributed by atoms with Gasteiger partial charge in [0.05, 0.1) is 19.8 Å². The van der Waals surface area contributed by atoms with Crippen LogP contribution in [0.25, 0.3) is 0 Å². The van der Waals surface area contributed by atoms with E-state index < -0.39 is 5.97 Å². The fraction of sp³-hybridized carbons (Fsp3) is 0.700. The number of methoxy groups -OCH3 is 1. The Labute approximate surface area is 83.8 Å². The number of allylic oxidation sites excluding steroid dienone is 1. The van der Waals surface area contributed by atoms with E-state index in [1.807, 2.05) is 0 Å². The molecule has 1 unspecified atom stereocenters. The SMILES string of the molecule is COC(=O)/C=C(\C)OC1CCCCO1. The van der Waals surface area contributed by atoms with Crippen LogP contribution in [0.2, 0.25) is 0 Å². The van der Waals surface area contributed by atoms with Gasteiger partial charge < -0.3 is 14.2 Å². The fourth-order valence-electron chi connectivity index (χ4n) is 1.27. The quantitative estimate of drug-likeness (QED) is 0.394. The number of rotatable bonds is 3. The first-order valence-corrected chi connectivity index (χ1v) is 4.77. The molecule has 0 aliphatic carbocycles. The Balaban J connectivity index is 2.34. The molecule has 0 amide bonds. The van der Waals surface area contributed by atoms with Crippen molar-refractivity contribution in [1.82, 2.24) is 0 Å². The van der Waals surface area contributed by atoms with Crippen LogP contribution in [0, 0.1) is 0 Å². The molecule has 0 aromatic rings. The zero-order valence-corrected chi connectivity index (χ0v) is 8.62. The molecule has 0 N–H and O–H groups in total. The number of ether oxygens (including phenoxy) is 3. The molecule has 4 nitrogen and oxygen atoms in total. The second-order valence-corrected chi connectivity index (χ2v) is 3.19. The van der Waals surface area contributed by atoms with Gasteiger partial charge in [-0.3, -0.25) is 0 Å². The molecule has 1 rings (SSSR count). The highest BCUT2D eigenvalue weighted by Crippen LogP contribution is 2.16. The minimum atomic E-state index is -0.404. The summed E-state index contributed by atoms with van der Waals surface area (Å²) in [6, 6.07) is 0. The summed E-state index contributed by atoms with van der Waals surface area (Å²) in [6.45, 7) is 2.45. The lowest BCUT2D eigenvalue weighted by Crippen LogP contribution is -2.21. The predicted molar refractivity (Wildman–Crippen MR) is 50.4 cm³/mol. The molecule has 0 aromatic heterocycles. The maximum atomic E-state index is 10.8. The molecule has 4 heteroatoms. The largest absolute Gasteiger partial charge is 0.469 e. The Morgan fingerprint density at radius 2 is 2.29 bits per heavy atom. The number of hydrogen-bond acceptors (Lipinski definition) is 4. The smallest absolute Gasteiger partial charge is 0.333 e. The highest BCUT2D eigenvalue weighted by molar-refractivity contribution is 5.82. The Morgan fingerprint density at radius 3 is 2.86 bits per heavy atom. The molecule has 1 fully saturated rings. The van der Waals surface area contributed by atoms with E-state index in [1.165, 1.54) is 13.2 Å². The third-order valence-corrected chi connectivity index (χ3v) is 1.98. The minimum absolute atomic E-state index is 0.204. The second-order valence-electron chi connectivity index (χ2n) is 3.19. The highest BCUT2D eigenvalue weighted by atomic mass is 16.7. The van der Waals surface area contributed by atoms with Gasteiger partial charge in [0.1, 0.15) is 5.76 Å². The zero-order valence-electron chi connectivity index (χ0n) is 8.62. The van der Waals surface area contributed by atoms with Crippen LogP contribution < -0.4 is 0 Å². The van der Waals surface area contributed by atoms with Crippen molar-refractivity contribution in [1.29, 1.82) is 0 Å². The van der Waals surface area contributed by atoms with Crippen molar-refractivity contribution >= 4 is 5.97 Å². The number of esters is 1. The summed E-state index contributed by atoms with van der Waals surface area (Å²) in [5.74, 6) is 0.127. The van der Waals surface area contributed by atoms with Crippen LogP contribution in [0.15, 0.2) is 11.8 Å². The first-order chi connectivity index (χ1) is 6.72. The number of carbonyl (C=O) groups is 1. The van der Waals surface area contributed by atoms with Crippen LogP contribution in [0.3, 0.4) is 0 Å². The van der Waals surface area contributed by atoms with Crippen LogP contribution in [-0.4, -0.2) is 26.0 Å². The van der Waals surface area contributed by atoms with Crippen molar-refractivity contribution < 1.29 is 19.0 Å². The second kappa shape index (κ2) is 5.65. The van der Waals surface area contributed by atoms with Crippen LogP contribution in [0.1, 0.15) is 26.2 Å². The van der Waals surface area contributed by atoms with Gasteiger partial charge in [-0.25, -0.2) is 4.79 Å². The zero-order chi connectivity index (χ0) is 10.4. The summed E-state index contributed by atoms with van der Waals surface area (Å²) in [4.78, 5) is 10.8. The van der Waals surface area contributed by atoms with Gasteiger partial charge in [0.2, 0.25) is 0 Å². The lowest BCUT2D eigenvalue weighted by molar-refractivity contribution is -0.141. The van der Waals surface area contributed by atoms with E-state index in [9.17, 15) is 4.79 Å². The molecule has 0 saturated carbocycles. The van der Waals surface area contributed by atoms with Crippen molar-refractivity contribution in [3.63, 3.8) is 0 Å². The van der Waals surface area contributed by atoms with Crippen LogP contribution in [0.4, 0.5) is 0 Å².